The zero-order chi connectivity index (χ0) is 14.8. The van der Waals surface area contributed by atoms with Gasteiger partial charge in [-0.05, 0) is 25.0 Å². The van der Waals surface area contributed by atoms with E-state index in [9.17, 15) is 9.59 Å². The number of amides is 2. The second-order valence-electron chi connectivity index (χ2n) is 5.32. The summed E-state index contributed by atoms with van der Waals surface area (Å²) >= 11 is 0. The van der Waals surface area contributed by atoms with E-state index in [1.807, 2.05) is 0 Å². The number of carbonyl (C=O) groups excluding carboxylic acids is 2. The lowest BCUT2D eigenvalue weighted by molar-refractivity contribution is -0.123. The van der Waals surface area contributed by atoms with Gasteiger partial charge in [-0.15, -0.1) is 0 Å². The van der Waals surface area contributed by atoms with Crippen molar-refractivity contribution in [2.24, 2.45) is 11.7 Å². The van der Waals surface area contributed by atoms with Gasteiger partial charge < -0.3 is 20.1 Å². The molecule has 112 valence electrons. The van der Waals surface area contributed by atoms with Crippen LogP contribution in [0.2, 0.25) is 0 Å². The van der Waals surface area contributed by atoms with Crippen molar-refractivity contribution in [2.45, 2.75) is 12.8 Å². The Hall–Kier alpha value is -2.24. The Kier molecular flexibility index (Phi) is 3.68. The summed E-state index contributed by atoms with van der Waals surface area (Å²) in [6.07, 6.45) is 1.53. The van der Waals surface area contributed by atoms with Gasteiger partial charge in [0.2, 0.25) is 5.91 Å². The number of piperidine rings is 1. The highest BCUT2D eigenvalue weighted by atomic mass is 16.6. The van der Waals surface area contributed by atoms with Crippen molar-refractivity contribution in [1.29, 1.82) is 0 Å². The molecule has 1 aromatic carbocycles. The first-order valence-corrected chi connectivity index (χ1v) is 7.14. The monoisotopic (exact) mass is 290 g/mol. The molecule has 0 bridgehead atoms. The quantitative estimate of drug-likeness (QED) is 0.873. The van der Waals surface area contributed by atoms with E-state index in [1.165, 1.54) is 0 Å². The molecule has 2 heterocycles. The van der Waals surface area contributed by atoms with E-state index in [-0.39, 0.29) is 17.7 Å². The van der Waals surface area contributed by atoms with Crippen LogP contribution in [0, 0.1) is 5.92 Å². The van der Waals surface area contributed by atoms with E-state index in [4.69, 9.17) is 15.2 Å². The minimum atomic E-state index is -0.345. The maximum Gasteiger partial charge on any atom is 0.257 e. The number of nitrogens with zero attached hydrogens (tertiary/aromatic N) is 1. The van der Waals surface area contributed by atoms with Crippen LogP contribution in [0.4, 0.5) is 0 Å². The van der Waals surface area contributed by atoms with E-state index in [0.29, 0.717) is 43.4 Å². The molecule has 2 amide bonds. The Bertz CT molecular complexity index is 573. The molecule has 1 saturated heterocycles. The third-order valence-electron chi connectivity index (χ3n) is 3.91. The smallest absolute Gasteiger partial charge is 0.257 e. The van der Waals surface area contributed by atoms with Gasteiger partial charge in [0.1, 0.15) is 13.2 Å². The van der Waals surface area contributed by atoms with Crippen molar-refractivity contribution >= 4 is 11.8 Å². The largest absolute Gasteiger partial charge is 0.486 e. The van der Waals surface area contributed by atoms with Gasteiger partial charge in [-0.25, -0.2) is 0 Å². The van der Waals surface area contributed by atoms with Crippen LogP contribution >= 0.6 is 0 Å². The lowest BCUT2D eigenvalue weighted by Crippen LogP contribution is -2.44. The van der Waals surface area contributed by atoms with Crippen molar-refractivity contribution in [2.75, 3.05) is 26.3 Å². The minimum Gasteiger partial charge on any atom is -0.486 e. The molecule has 0 radical (unpaired) electrons. The predicted molar refractivity (Wildman–Crippen MR) is 75.3 cm³/mol. The molecule has 21 heavy (non-hydrogen) atoms. The van der Waals surface area contributed by atoms with E-state index < -0.39 is 0 Å². The van der Waals surface area contributed by atoms with Crippen LogP contribution < -0.4 is 15.2 Å². The fraction of sp³-hybridized carbons (Fsp3) is 0.467. The summed E-state index contributed by atoms with van der Waals surface area (Å²) in [6, 6.07) is 5.29. The van der Waals surface area contributed by atoms with Crippen LogP contribution in [0.15, 0.2) is 18.2 Å². The third-order valence-corrected chi connectivity index (χ3v) is 3.91. The number of carbonyl (C=O) groups is 2. The first kappa shape index (κ1) is 13.7. The molecular formula is C15H18N2O4. The molecule has 0 saturated carbocycles. The number of likely N-dealkylation sites (tertiary alicyclic amines) is 1. The van der Waals surface area contributed by atoms with Crippen LogP contribution in [-0.4, -0.2) is 43.0 Å². The summed E-state index contributed by atoms with van der Waals surface area (Å²) in [6.45, 7) is 1.92. The van der Waals surface area contributed by atoms with Crippen molar-refractivity contribution < 1.29 is 19.1 Å². The van der Waals surface area contributed by atoms with Crippen LogP contribution in [0.1, 0.15) is 23.2 Å². The van der Waals surface area contributed by atoms with Gasteiger partial charge >= 0.3 is 0 Å². The lowest BCUT2D eigenvalue weighted by atomic mass is 9.96. The van der Waals surface area contributed by atoms with Crippen LogP contribution in [0.25, 0.3) is 0 Å². The Morgan fingerprint density at radius 1 is 1.24 bits per heavy atom. The van der Waals surface area contributed by atoms with E-state index >= 15 is 0 Å². The molecule has 6 heteroatoms. The van der Waals surface area contributed by atoms with Crippen molar-refractivity contribution in [1.82, 2.24) is 4.90 Å². The fourth-order valence-corrected chi connectivity index (χ4v) is 2.81. The Morgan fingerprint density at radius 2 is 2.05 bits per heavy atom. The first-order valence-electron chi connectivity index (χ1n) is 7.14. The highest BCUT2D eigenvalue weighted by molar-refractivity contribution is 5.98. The number of fused-ring (bicyclic) bond motifs is 1. The van der Waals surface area contributed by atoms with E-state index in [0.717, 1.165) is 12.8 Å². The Labute approximate surface area is 122 Å². The fourth-order valence-electron chi connectivity index (χ4n) is 2.81. The SMILES string of the molecule is NC(=O)[C@@H]1CCCN(C(=O)c2cccc3c2OCCO3)C1. The average Bonchev–Trinajstić information content (AvgIpc) is 2.53. The third kappa shape index (κ3) is 2.66. The predicted octanol–water partition coefficient (Wildman–Crippen LogP) is 0.795. The van der Waals surface area contributed by atoms with Crippen molar-refractivity contribution in [3.63, 3.8) is 0 Å². The Morgan fingerprint density at radius 3 is 2.86 bits per heavy atom. The van der Waals surface area contributed by atoms with Crippen molar-refractivity contribution in [3.05, 3.63) is 23.8 Å². The summed E-state index contributed by atoms with van der Waals surface area (Å²) in [5, 5.41) is 0. The molecule has 0 spiro atoms. The second kappa shape index (κ2) is 5.63. The van der Waals surface area contributed by atoms with Crippen LogP contribution in [-0.2, 0) is 4.79 Å². The molecule has 0 aliphatic carbocycles. The highest BCUT2D eigenvalue weighted by Crippen LogP contribution is 2.34. The van der Waals surface area contributed by atoms with Crippen LogP contribution in [0.3, 0.4) is 0 Å². The molecule has 1 fully saturated rings. The normalized spacial score (nSPS) is 21.0. The molecule has 6 nitrogen and oxygen atoms in total. The van der Waals surface area contributed by atoms with Gasteiger partial charge in [0.15, 0.2) is 11.5 Å². The second-order valence-corrected chi connectivity index (χ2v) is 5.32. The number of benzene rings is 1. The number of nitrogens with two attached hydrogens (primary N) is 1. The first-order chi connectivity index (χ1) is 10.2. The number of hydrogen-bond donors (Lipinski definition) is 1. The summed E-state index contributed by atoms with van der Waals surface area (Å²) < 4.78 is 11.1. The van der Waals surface area contributed by atoms with Gasteiger partial charge in [-0.1, -0.05) is 6.07 Å². The van der Waals surface area contributed by atoms with Gasteiger partial charge in [-0.3, -0.25) is 9.59 Å². The zero-order valence-corrected chi connectivity index (χ0v) is 11.7. The summed E-state index contributed by atoms with van der Waals surface area (Å²) in [4.78, 5) is 25.7. The molecule has 0 unspecified atom stereocenters. The molecule has 1 atom stereocenters. The molecular weight excluding hydrogens is 272 g/mol. The number of para-hydroxylation sites is 1. The number of hydrogen-bond acceptors (Lipinski definition) is 4. The zero-order valence-electron chi connectivity index (χ0n) is 11.7. The highest BCUT2D eigenvalue weighted by Gasteiger charge is 2.30. The van der Waals surface area contributed by atoms with Gasteiger partial charge in [-0.2, -0.15) is 0 Å². The lowest BCUT2D eigenvalue weighted by Gasteiger charge is -2.32. The molecule has 2 aliphatic heterocycles. The number of ether oxygens (including phenoxy) is 2. The van der Waals surface area contributed by atoms with E-state index in [2.05, 4.69) is 0 Å². The number of rotatable bonds is 2. The van der Waals surface area contributed by atoms with Crippen molar-refractivity contribution in [3.8, 4) is 11.5 Å². The van der Waals surface area contributed by atoms with Gasteiger partial charge in [0.05, 0.1) is 11.5 Å². The molecule has 2 N–H and O–H groups in total. The molecule has 1 aromatic rings. The molecule has 0 aromatic heterocycles. The van der Waals surface area contributed by atoms with Gasteiger partial charge in [0.25, 0.3) is 5.91 Å². The minimum absolute atomic E-state index is 0.136. The van der Waals surface area contributed by atoms with Crippen LogP contribution in [0.5, 0.6) is 11.5 Å². The van der Waals surface area contributed by atoms with Gasteiger partial charge in [0, 0.05) is 13.1 Å². The van der Waals surface area contributed by atoms with E-state index in [1.54, 1.807) is 23.1 Å². The Balaban J connectivity index is 1.83. The summed E-state index contributed by atoms with van der Waals surface area (Å²) in [5.74, 6) is 0.343. The maximum atomic E-state index is 12.7. The maximum absolute atomic E-state index is 12.7. The molecule has 2 aliphatic rings. The summed E-state index contributed by atoms with van der Waals surface area (Å²) in [7, 11) is 0. The topological polar surface area (TPSA) is 81.9 Å². The summed E-state index contributed by atoms with van der Waals surface area (Å²) in [5.41, 5.74) is 5.84. The molecule has 3 rings (SSSR count). The standard InChI is InChI=1S/C15H18N2O4/c16-14(18)10-3-2-6-17(9-10)15(19)11-4-1-5-12-13(11)21-8-7-20-12/h1,4-5,10H,2-3,6-9H2,(H2,16,18)/t10-/m1/s1. The average molecular weight is 290 g/mol. The number of primary amides is 1.